The molecule has 3 aromatic rings. The molecule has 0 spiro atoms. The van der Waals surface area contributed by atoms with Gasteiger partial charge in [0.15, 0.2) is 0 Å². The minimum Gasteiger partial charge on any atom is -0.397 e. The molecule has 132 valence electrons. The summed E-state index contributed by atoms with van der Waals surface area (Å²) in [6, 6.07) is 11.1. The summed E-state index contributed by atoms with van der Waals surface area (Å²) in [4.78, 5) is 13.0. The molecule has 0 aliphatic rings. The van der Waals surface area contributed by atoms with E-state index in [9.17, 15) is 0 Å². The van der Waals surface area contributed by atoms with Crippen molar-refractivity contribution in [2.45, 2.75) is 6.42 Å². The van der Waals surface area contributed by atoms with Crippen LogP contribution in [0.5, 0.6) is 0 Å². The van der Waals surface area contributed by atoms with E-state index in [1.165, 1.54) is 0 Å². The van der Waals surface area contributed by atoms with Gasteiger partial charge in [-0.05, 0) is 43.3 Å². The van der Waals surface area contributed by atoms with Gasteiger partial charge in [0.25, 0.3) is 0 Å². The summed E-state index contributed by atoms with van der Waals surface area (Å²) in [6.45, 7) is 1.36. The monoisotopic (exact) mass is 347 g/mol. The molecule has 7 nitrogen and oxygen atoms in total. The van der Waals surface area contributed by atoms with Gasteiger partial charge in [-0.3, -0.25) is 15.4 Å². The fourth-order valence-electron chi connectivity index (χ4n) is 2.48. The lowest BCUT2D eigenvalue weighted by molar-refractivity contribution is 0.870. The van der Waals surface area contributed by atoms with Crippen molar-refractivity contribution in [3.05, 3.63) is 66.2 Å². The summed E-state index contributed by atoms with van der Waals surface area (Å²) in [7, 11) is 0. The fraction of sp³-hybridized carbons (Fsp3) is 0.158. The molecule has 3 heterocycles. The quantitative estimate of drug-likeness (QED) is 0.384. The summed E-state index contributed by atoms with van der Waals surface area (Å²) in [6.07, 6.45) is 5.85. The minimum absolute atomic E-state index is 0.248. The van der Waals surface area contributed by atoms with Crippen molar-refractivity contribution in [1.82, 2.24) is 15.0 Å². The predicted octanol–water partition coefficient (Wildman–Crippen LogP) is 2.30. The molecule has 3 aromatic heterocycles. The molecule has 0 amide bonds. The molecule has 0 aliphatic carbocycles. The molecule has 0 fully saturated rings. The van der Waals surface area contributed by atoms with Crippen LogP contribution in [0.15, 0.2) is 55.0 Å². The van der Waals surface area contributed by atoms with Gasteiger partial charge in [-0.15, -0.1) is 0 Å². The van der Waals surface area contributed by atoms with Crippen LogP contribution in [0.3, 0.4) is 0 Å². The Morgan fingerprint density at radius 2 is 2.04 bits per heavy atom. The highest BCUT2D eigenvalue weighted by atomic mass is 15.0. The van der Waals surface area contributed by atoms with Gasteiger partial charge in [-0.1, -0.05) is 6.07 Å². The van der Waals surface area contributed by atoms with E-state index in [-0.39, 0.29) is 5.71 Å². The average Bonchev–Trinajstić information content (AvgIpc) is 2.69. The number of anilines is 2. The molecule has 0 unspecified atom stereocenters. The van der Waals surface area contributed by atoms with E-state index in [0.29, 0.717) is 35.0 Å². The smallest absolute Gasteiger partial charge is 0.126 e. The van der Waals surface area contributed by atoms with Crippen LogP contribution in [-0.2, 0) is 0 Å². The Morgan fingerprint density at radius 1 is 1.15 bits per heavy atom. The molecule has 0 bridgehead atoms. The number of hydrogen-bond donors (Lipinski definition) is 4. The largest absolute Gasteiger partial charge is 0.397 e. The molecular formula is C19H21N7. The summed E-state index contributed by atoms with van der Waals surface area (Å²) in [5.74, 6) is 0.709. The second-order valence-corrected chi connectivity index (χ2v) is 5.75. The first-order valence-electron chi connectivity index (χ1n) is 8.35. The second-order valence-electron chi connectivity index (χ2n) is 5.75. The predicted molar refractivity (Wildman–Crippen MR) is 104 cm³/mol. The standard InChI is InChI=1S/C19H21N7/c20-7-3-9-24-18-6-1-5-16(26-18)19(22)14-10-17(25-12-15(14)21)13-4-2-8-23-11-13/h1-2,4-6,8,10-12,22H,3,7,9,20-21H2,(H,24,26). The molecule has 0 saturated carbocycles. The van der Waals surface area contributed by atoms with Crippen LogP contribution in [0.1, 0.15) is 17.7 Å². The van der Waals surface area contributed by atoms with Crippen molar-refractivity contribution in [1.29, 1.82) is 5.41 Å². The number of hydrogen-bond acceptors (Lipinski definition) is 7. The Balaban J connectivity index is 1.89. The Hall–Kier alpha value is -3.32. The Labute approximate surface area is 152 Å². The van der Waals surface area contributed by atoms with Crippen molar-refractivity contribution in [3.8, 4) is 11.3 Å². The van der Waals surface area contributed by atoms with Crippen molar-refractivity contribution in [2.24, 2.45) is 5.73 Å². The molecule has 0 radical (unpaired) electrons. The van der Waals surface area contributed by atoms with Gasteiger partial charge < -0.3 is 16.8 Å². The molecule has 26 heavy (non-hydrogen) atoms. The summed E-state index contributed by atoms with van der Waals surface area (Å²) < 4.78 is 0. The van der Waals surface area contributed by atoms with Crippen molar-refractivity contribution < 1.29 is 0 Å². The Morgan fingerprint density at radius 3 is 2.81 bits per heavy atom. The van der Waals surface area contributed by atoms with Gasteiger partial charge in [-0.2, -0.15) is 0 Å². The number of nitrogen functional groups attached to an aromatic ring is 1. The lowest BCUT2D eigenvalue weighted by Crippen LogP contribution is -2.12. The lowest BCUT2D eigenvalue weighted by Gasteiger charge is -2.11. The van der Waals surface area contributed by atoms with E-state index in [0.717, 1.165) is 18.5 Å². The number of nitrogens with two attached hydrogens (primary N) is 2. The maximum atomic E-state index is 8.55. The van der Waals surface area contributed by atoms with E-state index >= 15 is 0 Å². The molecular weight excluding hydrogens is 326 g/mol. The van der Waals surface area contributed by atoms with Crippen LogP contribution < -0.4 is 16.8 Å². The second kappa shape index (κ2) is 8.17. The molecule has 0 saturated heterocycles. The van der Waals surface area contributed by atoms with Crippen molar-refractivity contribution >= 4 is 17.2 Å². The molecule has 6 N–H and O–H groups in total. The van der Waals surface area contributed by atoms with Gasteiger partial charge in [0, 0.05) is 30.1 Å². The summed E-state index contributed by atoms with van der Waals surface area (Å²) in [5, 5.41) is 11.8. The van der Waals surface area contributed by atoms with E-state index < -0.39 is 0 Å². The average molecular weight is 347 g/mol. The van der Waals surface area contributed by atoms with Gasteiger partial charge >= 0.3 is 0 Å². The molecule has 0 aliphatic heterocycles. The van der Waals surface area contributed by atoms with Gasteiger partial charge in [0.2, 0.25) is 0 Å². The number of rotatable bonds is 7. The minimum atomic E-state index is 0.248. The van der Waals surface area contributed by atoms with Crippen LogP contribution in [-0.4, -0.2) is 33.8 Å². The number of aromatic nitrogens is 3. The highest BCUT2D eigenvalue weighted by Crippen LogP contribution is 2.22. The Kier molecular flexibility index (Phi) is 5.50. The maximum Gasteiger partial charge on any atom is 0.126 e. The summed E-state index contributed by atoms with van der Waals surface area (Å²) >= 11 is 0. The first kappa shape index (κ1) is 17.5. The zero-order valence-electron chi connectivity index (χ0n) is 14.3. The van der Waals surface area contributed by atoms with Gasteiger partial charge in [0.1, 0.15) is 5.82 Å². The summed E-state index contributed by atoms with van der Waals surface area (Å²) in [5.41, 5.74) is 15.0. The Bertz CT molecular complexity index is 893. The van der Waals surface area contributed by atoms with Crippen LogP contribution in [0.25, 0.3) is 11.3 Å². The zero-order chi connectivity index (χ0) is 18.4. The SMILES string of the molecule is N=C(c1cccc(NCCCN)n1)c1cc(-c2cccnc2)ncc1N. The first-order valence-corrected chi connectivity index (χ1v) is 8.35. The van der Waals surface area contributed by atoms with Gasteiger partial charge in [-0.25, -0.2) is 4.98 Å². The third kappa shape index (κ3) is 4.01. The first-order chi connectivity index (χ1) is 12.7. The topological polar surface area (TPSA) is 127 Å². The van der Waals surface area contributed by atoms with Crippen LogP contribution in [0.2, 0.25) is 0 Å². The maximum absolute atomic E-state index is 8.55. The van der Waals surface area contributed by atoms with Gasteiger partial charge in [0.05, 0.1) is 29.0 Å². The number of pyridine rings is 3. The van der Waals surface area contributed by atoms with Crippen LogP contribution in [0.4, 0.5) is 11.5 Å². The van der Waals surface area contributed by atoms with E-state index in [4.69, 9.17) is 16.9 Å². The molecule has 0 atom stereocenters. The molecule has 3 rings (SSSR count). The zero-order valence-corrected chi connectivity index (χ0v) is 14.3. The van der Waals surface area contributed by atoms with E-state index in [1.54, 1.807) is 30.7 Å². The van der Waals surface area contributed by atoms with Crippen LogP contribution >= 0.6 is 0 Å². The normalized spacial score (nSPS) is 10.5. The highest BCUT2D eigenvalue weighted by molar-refractivity contribution is 6.13. The lowest BCUT2D eigenvalue weighted by atomic mass is 10.0. The number of nitrogens with zero attached hydrogens (tertiary/aromatic N) is 3. The van der Waals surface area contributed by atoms with Crippen LogP contribution in [0, 0.1) is 5.41 Å². The van der Waals surface area contributed by atoms with Crippen molar-refractivity contribution in [3.63, 3.8) is 0 Å². The highest BCUT2D eigenvalue weighted by Gasteiger charge is 2.13. The van der Waals surface area contributed by atoms with Crippen molar-refractivity contribution in [2.75, 3.05) is 24.1 Å². The molecule has 0 aromatic carbocycles. The van der Waals surface area contributed by atoms with E-state index in [2.05, 4.69) is 20.3 Å². The third-order valence-corrected chi connectivity index (χ3v) is 3.85. The number of nitrogens with one attached hydrogen (secondary N) is 2. The van der Waals surface area contributed by atoms with E-state index in [1.807, 2.05) is 24.3 Å². The fourth-order valence-corrected chi connectivity index (χ4v) is 2.48. The third-order valence-electron chi connectivity index (χ3n) is 3.85. The molecule has 7 heteroatoms.